The summed E-state index contributed by atoms with van der Waals surface area (Å²) in [6, 6.07) is 7.28. The zero-order valence-electron chi connectivity index (χ0n) is 13.0. The summed E-state index contributed by atoms with van der Waals surface area (Å²) in [6.07, 6.45) is 4.85. The van der Waals surface area contributed by atoms with Gasteiger partial charge in [-0.2, -0.15) is 0 Å². The number of carbonyl (C=O) groups excluding carboxylic acids is 1. The van der Waals surface area contributed by atoms with Crippen LogP contribution in [0.4, 0.5) is 0 Å². The maximum Gasteiger partial charge on any atom is 0.269 e. The smallest absolute Gasteiger partial charge is 0.269 e. The Kier molecular flexibility index (Phi) is 6.00. The minimum atomic E-state index is -0.233. The summed E-state index contributed by atoms with van der Waals surface area (Å²) >= 11 is 5.24. The highest BCUT2D eigenvalue weighted by Gasteiger charge is 2.21. The highest BCUT2D eigenvalue weighted by molar-refractivity contribution is 7.80. The number of ether oxygens (including phenoxy) is 1. The number of hydrazine groups is 1. The second kappa shape index (κ2) is 7.98. The molecule has 1 aromatic carbocycles. The van der Waals surface area contributed by atoms with Crippen molar-refractivity contribution in [1.29, 1.82) is 0 Å². The van der Waals surface area contributed by atoms with Crippen molar-refractivity contribution in [1.82, 2.24) is 16.2 Å². The van der Waals surface area contributed by atoms with Crippen molar-refractivity contribution in [3.05, 3.63) is 29.8 Å². The van der Waals surface area contributed by atoms with E-state index in [1.165, 1.54) is 19.3 Å². The monoisotopic (exact) mass is 321 g/mol. The SMILES string of the molecule is COc1ccc(C(=O)NNC(=S)N[C@@H]2CCCC[C@@H]2C)cc1. The Labute approximate surface area is 136 Å². The number of nitrogens with one attached hydrogen (secondary N) is 3. The summed E-state index contributed by atoms with van der Waals surface area (Å²) in [5.74, 6) is 1.09. The van der Waals surface area contributed by atoms with Gasteiger partial charge in [-0.25, -0.2) is 0 Å². The molecule has 0 radical (unpaired) electrons. The Morgan fingerprint density at radius 3 is 2.50 bits per heavy atom. The van der Waals surface area contributed by atoms with Gasteiger partial charge in [0.05, 0.1) is 7.11 Å². The van der Waals surface area contributed by atoms with Crippen LogP contribution in [0.2, 0.25) is 0 Å². The fourth-order valence-corrected chi connectivity index (χ4v) is 2.87. The highest BCUT2D eigenvalue weighted by Crippen LogP contribution is 2.23. The van der Waals surface area contributed by atoms with Crippen molar-refractivity contribution < 1.29 is 9.53 Å². The fraction of sp³-hybridized carbons (Fsp3) is 0.500. The number of thiocarbonyl (C=S) groups is 1. The van der Waals surface area contributed by atoms with E-state index in [1.54, 1.807) is 31.4 Å². The van der Waals surface area contributed by atoms with Gasteiger partial charge in [-0.05, 0) is 55.2 Å². The maximum absolute atomic E-state index is 12.0. The van der Waals surface area contributed by atoms with Crippen molar-refractivity contribution in [3.8, 4) is 5.75 Å². The van der Waals surface area contributed by atoms with Crippen LogP contribution in [-0.4, -0.2) is 24.2 Å². The first-order valence-corrected chi connectivity index (χ1v) is 8.02. The maximum atomic E-state index is 12.0. The van der Waals surface area contributed by atoms with Gasteiger partial charge in [0.15, 0.2) is 5.11 Å². The predicted molar refractivity (Wildman–Crippen MR) is 90.7 cm³/mol. The second-order valence-corrected chi connectivity index (χ2v) is 6.06. The molecule has 1 fully saturated rings. The number of carbonyl (C=O) groups is 1. The van der Waals surface area contributed by atoms with Crippen LogP contribution >= 0.6 is 12.2 Å². The van der Waals surface area contributed by atoms with Crippen molar-refractivity contribution in [2.75, 3.05) is 7.11 Å². The number of rotatable bonds is 3. The van der Waals surface area contributed by atoms with Gasteiger partial charge < -0.3 is 10.1 Å². The van der Waals surface area contributed by atoms with Crippen LogP contribution in [0.3, 0.4) is 0 Å². The van der Waals surface area contributed by atoms with Gasteiger partial charge in [0, 0.05) is 11.6 Å². The van der Waals surface area contributed by atoms with E-state index in [4.69, 9.17) is 17.0 Å². The molecule has 1 aliphatic rings. The third-order valence-electron chi connectivity index (χ3n) is 4.07. The summed E-state index contributed by atoms with van der Waals surface area (Å²) in [6.45, 7) is 2.23. The summed E-state index contributed by atoms with van der Waals surface area (Å²) in [5.41, 5.74) is 5.92. The zero-order valence-corrected chi connectivity index (χ0v) is 13.8. The van der Waals surface area contributed by atoms with E-state index >= 15 is 0 Å². The first-order chi connectivity index (χ1) is 10.6. The number of hydrogen-bond acceptors (Lipinski definition) is 3. The van der Waals surface area contributed by atoms with E-state index in [0.717, 1.165) is 6.42 Å². The lowest BCUT2D eigenvalue weighted by Crippen LogP contribution is -2.51. The molecule has 22 heavy (non-hydrogen) atoms. The van der Waals surface area contributed by atoms with Crippen molar-refractivity contribution in [3.63, 3.8) is 0 Å². The molecule has 3 N–H and O–H groups in total. The number of hydrogen-bond donors (Lipinski definition) is 3. The minimum absolute atomic E-state index is 0.233. The molecule has 1 aromatic rings. The van der Waals surface area contributed by atoms with Crippen LogP contribution in [0.15, 0.2) is 24.3 Å². The summed E-state index contributed by atoms with van der Waals surface area (Å²) < 4.78 is 5.06. The molecule has 0 spiro atoms. The first-order valence-electron chi connectivity index (χ1n) is 7.61. The van der Waals surface area contributed by atoms with E-state index in [0.29, 0.717) is 28.4 Å². The van der Waals surface area contributed by atoms with Crippen molar-refractivity contribution >= 4 is 23.2 Å². The molecule has 5 nitrogen and oxygen atoms in total. The molecule has 1 amide bonds. The summed E-state index contributed by atoms with van der Waals surface area (Å²) in [7, 11) is 1.59. The Morgan fingerprint density at radius 1 is 1.18 bits per heavy atom. The van der Waals surface area contributed by atoms with Gasteiger partial charge in [0.1, 0.15) is 5.75 Å². The van der Waals surface area contributed by atoms with Crippen LogP contribution < -0.4 is 20.9 Å². The molecule has 0 aromatic heterocycles. The highest BCUT2D eigenvalue weighted by atomic mass is 32.1. The molecule has 2 atom stereocenters. The molecular weight excluding hydrogens is 298 g/mol. The number of amides is 1. The molecule has 6 heteroatoms. The molecule has 0 unspecified atom stereocenters. The molecule has 0 aliphatic heterocycles. The lowest BCUT2D eigenvalue weighted by molar-refractivity contribution is 0.0943. The standard InChI is InChI=1S/C16H23N3O2S/c1-11-5-3-4-6-14(11)17-16(22)19-18-15(20)12-7-9-13(21-2)10-8-12/h7-11,14H,3-6H2,1-2H3,(H,18,20)(H2,17,19,22)/t11-,14+/m0/s1. The van der Waals surface area contributed by atoms with Crippen LogP contribution in [0.5, 0.6) is 5.75 Å². The van der Waals surface area contributed by atoms with E-state index < -0.39 is 0 Å². The molecule has 1 saturated carbocycles. The molecule has 0 bridgehead atoms. The molecule has 0 heterocycles. The summed E-state index contributed by atoms with van der Waals surface area (Å²) in [5, 5.41) is 3.74. The molecule has 0 saturated heterocycles. The normalized spacial score (nSPS) is 20.8. The van der Waals surface area contributed by atoms with Crippen LogP contribution in [-0.2, 0) is 0 Å². The topological polar surface area (TPSA) is 62.4 Å². The van der Waals surface area contributed by atoms with E-state index in [2.05, 4.69) is 23.1 Å². The van der Waals surface area contributed by atoms with Crippen molar-refractivity contribution in [2.45, 2.75) is 38.6 Å². The summed E-state index contributed by atoms with van der Waals surface area (Å²) in [4.78, 5) is 12.0. The number of benzene rings is 1. The first kappa shape index (κ1) is 16.5. The van der Waals surface area contributed by atoms with Gasteiger partial charge in [0.2, 0.25) is 0 Å². The van der Waals surface area contributed by atoms with Gasteiger partial charge in [-0.1, -0.05) is 19.8 Å². The van der Waals surface area contributed by atoms with Crippen LogP contribution in [0, 0.1) is 5.92 Å². The van der Waals surface area contributed by atoms with Gasteiger partial charge >= 0.3 is 0 Å². The fourth-order valence-electron chi connectivity index (χ4n) is 2.66. The Bertz CT molecular complexity index is 519. The van der Waals surface area contributed by atoms with Gasteiger partial charge in [0.25, 0.3) is 5.91 Å². The molecule has 2 rings (SSSR count). The van der Waals surface area contributed by atoms with Gasteiger partial charge in [-0.15, -0.1) is 0 Å². The number of methoxy groups -OCH3 is 1. The molecular formula is C16H23N3O2S. The largest absolute Gasteiger partial charge is 0.497 e. The molecule has 1 aliphatic carbocycles. The lowest BCUT2D eigenvalue weighted by atomic mass is 9.86. The Hall–Kier alpha value is -1.82. The van der Waals surface area contributed by atoms with Crippen molar-refractivity contribution in [2.24, 2.45) is 5.92 Å². The molecule has 120 valence electrons. The third-order valence-corrected chi connectivity index (χ3v) is 4.29. The zero-order chi connectivity index (χ0) is 15.9. The second-order valence-electron chi connectivity index (χ2n) is 5.65. The quantitative estimate of drug-likeness (QED) is 0.589. The van der Waals surface area contributed by atoms with E-state index in [1.807, 2.05) is 0 Å². The minimum Gasteiger partial charge on any atom is -0.497 e. The lowest BCUT2D eigenvalue weighted by Gasteiger charge is -2.30. The third kappa shape index (κ3) is 4.59. The van der Waals surface area contributed by atoms with Crippen LogP contribution in [0.1, 0.15) is 43.0 Å². The average Bonchev–Trinajstić information content (AvgIpc) is 2.55. The van der Waals surface area contributed by atoms with E-state index in [-0.39, 0.29) is 5.91 Å². The van der Waals surface area contributed by atoms with E-state index in [9.17, 15) is 4.79 Å². The predicted octanol–water partition coefficient (Wildman–Crippen LogP) is 2.38. The average molecular weight is 321 g/mol. The van der Waals surface area contributed by atoms with Gasteiger partial charge in [-0.3, -0.25) is 15.6 Å². The Morgan fingerprint density at radius 2 is 1.86 bits per heavy atom. The van der Waals surface area contributed by atoms with Crippen LogP contribution in [0.25, 0.3) is 0 Å². The Balaban J connectivity index is 1.78.